The van der Waals surface area contributed by atoms with E-state index in [1.165, 1.54) is 0 Å². The van der Waals surface area contributed by atoms with Crippen molar-refractivity contribution in [2.75, 3.05) is 13.1 Å². The van der Waals surface area contributed by atoms with Crippen molar-refractivity contribution in [1.82, 2.24) is 4.90 Å². The van der Waals surface area contributed by atoms with Crippen LogP contribution in [-0.2, 0) is 0 Å². The first-order valence-corrected chi connectivity index (χ1v) is 3.15. The zero-order valence-electron chi connectivity index (χ0n) is 5.22. The molecule has 50 valence electrons. The molecule has 0 saturated heterocycles. The molecule has 0 aliphatic rings. The molecule has 1 amide bonds. The van der Waals surface area contributed by atoms with Gasteiger partial charge in [0.25, 0.3) is 5.24 Å². The summed E-state index contributed by atoms with van der Waals surface area (Å²) >= 11 is 3.64. The summed E-state index contributed by atoms with van der Waals surface area (Å²) in [4.78, 5) is 12.0. The molecule has 0 saturated carbocycles. The van der Waals surface area contributed by atoms with Gasteiger partial charge in [0, 0.05) is 13.1 Å². The Bertz CT molecular complexity index is 85.0. The van der Waals surface area contributed by atoms with Gasteiger partial charge < -0.3 is 4.90 Å². The fourth-order valence-corrected chi connectivity index (χ4v) is 0.777. The van der Waals surface area contributed by atoms with Crippen molar-refractivity contribution in [3.8, 4) is 0 Å². The third-order valence-electron chi connectivity index (χ3n) is 1.03. The van der Waals surface area contributed by atoms with Crippen LogP contribution in [0.15, 0.2) is 0 Å². The van der Waals surface area contributed by atoms with Crippen LogP contribution >= 0.6 is 12.6 Å². The van der Waals surface area contributed by atoms with Crippen LogP contribution in [0.1, 0.15) is 13.8 Å². The Morgan fingerprint density at radius 1 is 1.44 bits per heavy atom. The third-order valence-corrected chi connectivity index (χ3v) is 1.32. The second-order valence-electron chi connectivity index (χ2n) is 1.45. The molecule has 0 atom stereocenters. The SMILES string of the molecule is CCN(CC)C(=O)S.[NaH]. The Balaban J connectivity index is 0. The van der Waals surface area contributed by atoms with Gasteiger partial charge in [-0.3, -0.25) is 4.79 Å². The van der Waals surface area contributed by atoms with Crippen molar-refractivity contribution < 1.29 is 4.79 Å². The molecule has 0 aromatic carbocycles. The molecule has 0 aliphatic heterocycles. The minimum atomic E-state index is -0.144. The fourth-order valence-electron chi connectivity index (χ4n) is 0.494. The van der Waals surface area contributed by atoms with Crippen LogP contribution in [0.5, 0.6) is 0 Å². The number of carbonyl (C=O) groups excluding carboxylic acids is 1. The van der Waals surface area contributed by atoms with E-state index >= 15 is 0 Å². The predicted molar refractivity (Wildman–Crippen MR) is 44.5 cm³/mol. The van der Waals surface area contributed by atoms with Crippen molar-refractivity contribution in [2.24, 2.45) is 0 Å². The molecule has 4 heteroatoms. The first-order chi connectivity index (χ1) is 3.72. The number of carbonyl (C=O) groups is 1. The quantitative estimate of drug-likeness (QED) is 0.463. The van der Waals surface area contributed by atoms with Gasteiger partial charge >= 0.3 is 29.6 Å². The van der Waals surface area contributed by atoms with Crippen LogP contribution in [0.3, 0.4) is 0 Å². The summed E-state index contributed by atoms with van der Waals surface area (Å²) in [5.41, 5.74) is 0. The molecule has 0 spiro atoms. The van der Waals surface area contributed by atoms with Crippen molar-refractivity contribution >= 4 is 47.4 Å². The summed E-state index contributed by atoms with van der Waals surface area (Å²) in [6.45, 7) is 5.35. The van der Waals surface area contributed by atoms with Gasteiger partial charge in [0.2, 0.25) is 0 Å². The molecule has 0 heterocycles. The van der Waals surface area contributed by atoms with Crippen LogP contribution in [0.2, 0.25) is 0 Å². The van der Waals surface area contributed by atoms with Crippen molar-refractivity contribution in [2.45, 2.75) is 13.8 Å². The maximum absolute atomic E-state index is 10.4. The van der Waals surface area contributed by atoms with E-state index in [-0.39, 0.29) is 34.8 Å². The zero-order valence-corrected chi connectivity index (χ0v) is 6.11. The van der Waals surface area contributed by atoms with Gasteiger partial charge in [0.1, 0.15) is 0 Å². The van der Waals surface area contributed by atoms with Crippen LogP contribution in [0.25, 0.3) is 0 Å². The predicted octanol–water partition coefficient (Wildman–Crippen LogP) is 0.729. The van der Waals surface area contributed by atoms with Gasteiger partial charge in [0.05, 0.1) is 0 Å². The molecule has 0 aromatic rings. The van der Waals surface area contributed by atoms with Crippen LogP contribution < -0.4 is 0 Å². The molecule has 0 fully saturated rings. The summed E-state index contributed by atoms with van der Waals surface area (Å²) in [6.07, 6.45) is 0. The molecule has 0 aliphatic carbocycles. The topological polar surface area (TPSA) is 20.3 Å². The van der Waals surface area contributed by atoms with E-state index in [0.29, 0.717) is 0 Å². The summed E-state index contributed by atoms with van der Waals surface area (Å²) in [5.74, 6) is 0. The third kappa shape index (κ3) is 5.27. The monoisotopic (exact) mass is 157 g/mol. The molecule has 0 bridgehead atoms. The Hall–Kier alpha value is 0.820. The summed E-state index contributed by atoms with van der Waals surface area (Å²) in [5, 5.41) is -0.144. The van der Waals surface area contributed by atoms with E-state index in [1.54, 1.807) is 4.90 Å². The van der Waals surface area contributed by atoms with E-state index in [2.05, 4.69) is 12.6 Å². The minimum absolute atomic E-state index is 0. The second kappa shape index (κ2) is 6.93. The second-order valence-corrected chi connectivity index (χ2v) is 1.84. The van der Waals surface area contributed by atoms with Gasteiger partial charge in [-0.2, -0.15) is 0 Å². The Morgan fingerprint density at radius 2 is 1.78 bits per heavy atom. The molecule has 2 nitrogen and oxygen atoms in total. The Kier molecular flexibility index (Phi) is 9.62. The van der Waals surface area contributed by atoms with E-state index < -0.39 is 0 Å². The number of hydrogen-bond acceptors (Lipinski definition) is 1. The van der Waals surface area contributed by atoms with Gasteiger partial charge in [-0.25, -0.2) is 0 Å². The molecule has 0 rings (SSSR count). The molecular weight excluding hydrogens is 145 g/mol. The summed E-state index contributed by atoms with van der Waals surface area (Å²) in [6, 6.07) is 0. The standard InChI is InChI=1S/C5H11NOS.Na.H/c1-3-6(4-2)5(7)8;;/h3-4H2,1-2H3,(H,7,8);;. The molecule has 0 unspecified atom stereocenters. The fraction of sp³-hybridized carbons (Fsp3) is 0.800. The first-order valence-electron chi connectivity index (χ1n) is 2.70. The van der Waals surface area contributed by atoms with Gasteiger partial charge in [0.15, 0.2) is 0 Å². The van der Waals surface area contributed by atoms with Gasteiger partial charge in [-0.15, -0.1) is 0 Å². The van der Waals surface area contributed by atoms with Crippen molar-refractivity contribution in [3.63, 3.8) is 0 Å². The molecule has 0 N–H and O–H groups in total. The number of amides is 1. The van der Waals surface area contributed by atoms with E-state index in [4.69, 9.17) is 0 Å². The van der Waals surface area contributed by atoms with Crippen LogP contribution in [0, 0.1) is 0 Å². The average Bonchev–Trinajstić information content (AvgIpc) is 1.69. The molecule has 0 radical (unpaired) electrons. The molecule has 0 aromatic heterocycles. The molecule has 9 heavy (non-hydrogen) atoms. The maximum atomic E-state index is 10.4. The Morgan fingerprint density at radius 3 is 1.78 bits per heavy atom. The van der Waals surface area contributed by atoms with Gasteiger partial charge in [-0.1, -0.05) is 12.6 Å². The summed E-state index contributed by atoms with van der Waals surface area (Å²) < 4.78 is 0. The average molecular weight is 157 g/mol. The number of nitrogens with zero attached hydrogens (tertiary/aromatic N) is 1. The van der Waals surface area contributed by atoms with Gasteiger partial charge in [-0.05, 0) is 13.8 Å². The molecular formula is C5H12NNaOS. The number of hydrogen-bond donors (Lipinski definition) is 1. The van der Waals surface area contributed by atoms with Crippen LogP contribution in [0.4, 0.5) is 4.79 Å². The zero-order chi connectivity index (χ0) is 6.57. The number of thiol groups is 1. The summed E-state index contributed by atoms with van der Waals surface area (Å²) in [7, 11) is 0. The van der Waals surface area contributed by atoms with Crippen molar-refractivity contribution in [1.29, 1.82) is 0 Å². The first kappa shape index (κ1) is 12.5. The van der Waals surface area contributed by atoms with Crippen LogP contribution in [-0.4, -0.2) is 52.8 Å². The van der Waals surface area contributed by atoms with E-state index in [0.717, 1.165) is 13.1 Å². The van der Waals surface area contributed by atoms with Crippen molar-refractivity contribution in [3.05, 3.63) is 0 Å². The normalized spacial score (nSPS) is 7.89. The van der Waals surface area contributed by atoms with E-state index in [1.807, 2.05) is 13.8 Å². The number of rotatable bonds is 2. The van der Waals surface area contributed by atoms with E-state index in [9.17, 15) is 4.79 Å². The Labute approximate surface area is 83.7 Å².